The number of carbonyl (C=O) groups is 2. The number of fused-ring (bicyclic) bond motifs is 1. The summed E-state index contributed by atoms with van der Waals surface area (Å²) in [6, 6.07) is 7.18. The molecule has 1 N–H and O–H groups in total. The Balaban J connectivity index is 1.35. The number of amides is 3. The molecular formula is C19H24N4O3. The molecule has 7 heteroatoms. The molecule has 2 aliphatic rings. The predicted octanol–water partition coefficient (Wildman–Crippen LogP) is 2.69. The number of oxazole rings is 1. The molecule has 0 unspecified atom stereocenters. The molecule has 1 aromatic heterocycles. The first kappa shape index (κ1) is 17.0. The summed E-state index contributed by atoms with van der Waals surface area (Å²) in [5.74, 6) is 0.983. The molecule has 1 aromatic carbocycles. The molecule has 2 saturated heterocycles. The smallest absolute Gasteiger partial charge is 0.325 e. The highest BCUT2D eigenvalue weighted by Gasteiger charge is 2.38. The van der Waals surface area contributed by atoms with Crippen LogP contribution in [0, 0.1) is 0 Å². The van der Waals surface area contributed by atoms with Gasteiger partial charge in [0.1, 0.15) is 11.6 Å². The molecule has 1 atom stereocenters. The second-order valence-corrected chi connectivity index (χ2v) is 7.11. The molecule has 26 heavy (non-hydrogen) atoms. The number of hydrogen-bond donors (Lipinski definition) is 1. The molecule has 0 bridgehead atoms. The van der Waals surface area contributed by atoms with Gasteiger partial charge in [0.2, 0.25) is 0 Å². The van der Waals surface area contributed by atoms with Crippen molar-refractivity contribution < 1.29 is 14.0 Å². The average Bonchev–Trinajstić information content (AvgIpc) is 3.19. The number of imide groups is 1. The van der Waals surface area contributed by atoms with Gasteiger partial charge in [-0.1, -0.05) is 25.5 Å². The topological polar surface area (TPSA) is 78.7 Å². The van der Waals surface area contributed by atoms with Gasteiger partial charge in [-0.2, -0.15) is 0 Å². The highest BCUT2D eigenvalue weighted by atomic mass is 16.3. The van der Waals surface area contributed by atoms with Gasteiger partial charge in [0.05, 0.1) is 6.67 Å². The van der Waals surface area contributed by atoms with E-state index in [2.05, 4.69) is 15.2 Å². The van der Waals surface area contributed by atoms with Crippen LogP contribution in [0.2, 0.25) is 0 Å². The Morgan fingerprint density at radius 3 is 2.73 bits per heavy atom. The van der Waals surface area contributed by atoms with Crippen molar-refractivity contribution in [1.29, 1.82) is 0 Å². The number of aromatic nitrogens is 1. The highest BCUT2D eigenvalue weighted by Crippen LogP contribution is 2.30. The third-order valence-corrected chi connectivity index (χ3v) is 5.27. The van der Waals surface area contributed by atoms with Crippen molar-refractivity contribution in [2.45, 2.75) is 44.6 Å². The van der Waals surface area contributed by atoms with E-state index in [4.69, 9.17) is 4.42 Å². The largest absolute Gasteiger partial charge is 0.440 e. The van der Waals surface area contributed by atoms with Gasteiger partial charge >= 0.3 is 6.03 Å². The number of piperidine rings is 1. The van der Waals surface area contributed by atoms with Crippen molar-refractivity contribution in [3.05, 3.63) is 30.2 Å². The van der Waals surface area contributed by atoms with Gasteiger partial charge in [-0.3, -0.25) is 9.69 Å². The van der Waals surface area contributed by atoms with Crippen LogP contribution in [-0.4, -0.2) is 52.5 Å². The van der Waals surface area contributed by atoms with Crippen molar-refractivity contribution in [3.8, 4) is 0 Å². The standard InChI is InChI=1S/C19H24N4O3/c1-2-5-15-18(24)23(19(25)21-15)12-22-10-8-13(9-11-22)17-20-14-6-3-4-7-16(14)26-17/h3-4,6-7,13,15H,2,5,8-12H2,1H3,(H,21,25)/t15-/m0/s1. The third-order valence-electron chi connectivity index (χ3n) is 5.27. The Morgan fingerprint density at radius 2 is 2.00 bits per heavy atom. The third kappa shape index (κ3) is 3.19. The van der Waals surface area contributed by atoms with Crippen molar-refractivity contribution in [3.63, 3.8) is 0 Å². The molecule has 3 heterocycles. The summed E-state index contributed by atoms with van der Waals surface area (Å²) in [5.41, 5.74) is 1.72. The Labute approximate surface area is 152 Å². The molecule has 0 spiro atoms. The Morgan fingerprint density at radius 1 is 1.23 bits per heavy atom. The Kier molecular flexibility index (Phi) is 4.63. The fourth-order valence-corrected chi connectivity index (χ4v) is 3.78. The lowest BCUT2D eigenvalue weighted by Gasteiger charge is -2.32. The van der Waals surface area contributed by atoms with E-state index in [1.807, 2.05) is 31.2 Å². The van der Waals surface area contributed by atoms with E-state index in [1.165, 1.54) is 4.90 Å². The van der Waals surface area contributed by atoms with Crippen LogP contribution in [-0.2, 0) is 4.79 Å². The predicted molar refractivity (Wildman–Crippen MR) is 96.5 cm³/mol. The lowest BCUT2D eigenvalue weighted by Crippen LogP contribution is -2.45. The van der Waals surface area contributed by atoms with Gasteiger partial charge in [-0.05, 0) is 31.4 Å². The van der Waals surface area contributed by atoms with Crippen molar-refractivity contribution >= 4 is 23.0 Å². The summed E-state index contributed by atoms with van der Waals surface area (Å²) in [4.78, 5) is 32.5. The molecule has 0 aliphatic carbocycles. The fourth-order valence-electron chi connectivity index (χ4n) is 3.78. The van der Waals surface area contributed by atoms with E-state index in [-0.39, 0.29) is 23.9 Å². The number of hydrogen-bond acceptors (Lipinski definition) is 5. The molecule has 7 nitrogen and oxygen atoms in total. The summed E-state index contributed by atoms with van der Waals surface area (Å²) in [6.07, 6.45) is 3.39. The first-order chi connectivity index (χ1) is 12.7. The van der Waals surface area contributed by atoms with E-state index in [9.17, 15) is 9.59 Å². The van der Waals surface area contributed by atoms with Crippen LogP contribution in [0.25, 0.3) is 11.1 Å². The fraction of sp³-hybridized carbons (Fsp3) is 0.526. The van der Waals surface area contributed by atoms with Crippen LogP contribution < -0.4 is 5.32 Å². The second-order valence-electron chi connectivity index (χ2n) is 7.11. The van der Waals surface area contributed by atoms with Gasteiger partial charge in [-0.15, -0.1) is 0 Å². The minimum atomic E-state index is -0.357. The van der Waals surface area contributed by atoms with Gasteiger partial charge in [0.15, 0.2) is 11.5 Å². The van der Waals surface area contributed by atoms with Crippen molar-refractivity contribution in [2.24, 2.45) is 0 Å². The molecule has 2 fully saturated rings. The van der Waals surface area contributed by atoms with E-state index in [0.29, 0.717) is 13.1 Å². The summed E-state index contributed by atoms with van der Waals surface area (Å²) >= 11 is 0. The number of carbonyl (C=O) groups excluding carboxylic acids is 2. The lowest BCUT2D eigenvalue weighted by atomic mass is 9.97. The maximum Gasteiger partial charge on any atom is 0.325 e. The first-order valence-electron chi connectivity index (χ1n) is 9.35. The van der Waals surface area contributed by atoms with Crippen LogP contribution in [0.5, 0.6) is 0 Å². The van der Waals surface area contributed by atoms with Crippen LogP contribution in [0.15, 0.2) is 28.7 Å². The quantitative estimate of drug-likeness (QED) is 0.834. The average molecular weight is 356 g/mol. The zero-order chi connectivity index (χ0) is 18.1. The molecule has 2 aliphatic heterocycles. The van der Waals surface area contributed by atoms with Crippen molar-refractivity contribution in [1.82, 2.24) is 20.1 Å². The lowest BCUT2D eigenvalue weighted by molar-refractivity contribution is -0.129. The normalized spacial score (nSPS) is 22.3. The molecule has 0 saturated carbocycles. The highest BCUT2D eigenvalue weighted by molar-refractivity contribution is 6.04. The van der Waals surface area contributed by atoms with Crippen LogP contribution in [0.1, 0.15) is 44.4 Å². The van der Waals surface area contributed by atoms with Gasteiger partial charge in [-0.25, -0.2) is 14.7 Å². The second kappa shape index (κ2) is 7.07. The van der Waals surface area contributed by atoms with Crippen molar-refractivity contribution in [2.75, 3.05) is 19.8 Å². The summed E-state index contributed by atoms with van der Waals surface area (Å²) < 4.78 is 5.89. The zero-order valence-corrected chi connectivity index (χ0v) is 15.0. The van der Waals surface area contributed by atoms with Gasteiger partial charge < -0.3 is 9.73 Å². The monoisotopic (exact) mass is 356 g/mol. The van der Waals surface area contributed by atoms with E-state index >= 15 is 0 Å². The van der Waals surface area contributed by atoms with Crippen LogP contribution in [0.4, 0.5) is 4.79 Å². The molecule has 138 valence electrons. The van der Waals surface area contributed by atoms with E-state index in [1.54, 1.807) is 0 Å². The van der Waals surface area contributed by atoms with Gasteiger partial charge in [0, 0.05) is 19.0 Å². The molecule has 4 rings (SSSR count). The van der Waals surface area contributed by atoms with Crippen LogP contribution in [0.3, 0.4) is 0 Å². The number of urea groups is 1. The Bertz CT molecular complexity index is 777. The number of para-hydroxylation sites is 2. The number of rotatable bonds is 5. The molecular weight excluding hydrogens is 332 g/mol. The summed E-state index contributed by atoms with van der Waals surface area (Å²) in [6.45, 7) is 4.02. The van der Waals surface area contributed by atoms with E-state index in [0.717, 1.165) is 49.3 Å². The number of nitrogens with one attached hydrogen (secondary N) is 1. The Hall–Kier alpha value is -2.41. The van der Waals surface area contributed by atoms with Gasteiger partial charge in [0.25, 0.3) is 5.91 Å². The molecule has 3 amide bonds. The number of benzene rings is 1. The number of likely N-dealkylation sites (tertiary alicyclic amines) is 1. The number of nitrogens with zero attached hydrogens (tertiary/aromatic N) is 3. The maximum absolute atomic E-state index is 12.4. The van der Waals surface area contributed by atoms with Crippen LogP contribution >= 0.6 is 0 Å². The maximum atomic E-state index is 12.4. The first-order valence-corrected chi connectivity index (χ1v) is 9.35. The SMILES string of the molecule is CCC[C@@H]1NC(=O)N(CN2CCC(c3nc4ccccc4o3)CC2)C1=O. The minimum absolute atomic E-state index is 0.0991. The van der Waals surface area contributed by atoms with E-state index < -0.39 is 0 Å². The zero-order valence-electron chi connectivity index (χ0n) is 15.0. The summed E-state index contributed by atoms with van der Waals surface area (Å²) in [5, 5.41) is 2.78. The molecule has 0 radical (unpaired) electrons. The minimum Gasteiger partial charge on any atom is -0.440 e. The molecule has 2 aromatic rings. The summed E-state index contributed by atoms with van der Waals surface area (Å²) in [7, 11) is 0.